The summed E-state index contributed by atoms with van der Waals surface area (Å²) in [5.41, 5.74) is 8.41. The second kappa shape index (κ2) is 8.47. The fraction of sp³-hybridized carbons (Fsp3) is 0.167. The highest BCUT2D eigenvalue weighted by Crippen LogP contribution is 2.16. The van der Waals surface area contributed by atoms with Gasteiger partial charge in [-0.3, -0.25) is 9.78 Å². The van der Waals surface area contributed by atoms with Gasteiger partial charge in [0.2, 0.25) is 5.91 Å². The van der Waals surface area contributed by atoms with Crippen molar-refractivity contribution in [1.82, 2.24) is 4.98 Å². The number of nitrogens with two attached hydrogens (primary N) is 1. The number of carbonyl (C=O) groups excluding carboxylic acids is 2. The molecular formula is C18H19N3O3. The molecule has 0 unspecified atom stereocenters. The van der Waals surface area contributed by atoms with E-state index in [1.165, 1.54) is 12.3 Å². The first-order valence-corrected chi connectivity index (χ1v) is 7.51. The molecule has 6 nitrogen and oxygen atoms in total. The van der Waals surface area contributed by atoms with Crippen molar-refractivity contribution in [2.45, 2.75) is 13.3 Å². The maximum Gasteiger partial charge on any atom is 0.330 e. The third-order valence-electron chi connectivity index (χ3n) is 3.17. The van der Waals surface area contributed by atoms with E-state index in [1.54, 1.807) is 25.3 Å². The molecular weight excluding hydrogens is 306 g/mol. The zero-order valence-electron chi connectivity index (χ0n) is 13.4. The standard InChI is InChI=1S/C18H19N3O3/c1-2-24-18(23)8-7-13-3-5-14(6-4-13)11-17(22)21-16-9-10-20-12-15(16)19/h3-10,12H,2,11,19H2,1H3,(H,20,21,22)/b8-7+. The van der Waals surface area contributed by atoms with Crippen molar-refractivity contribution in [3.05, 3.63) is 59.9 Å². The molecule has 2 rings (SSSR count). The molecule has 3 N–H and O–H groups in total. The zero-order valence-corrected chi connectivity index (χ0v) is 13.4. The predicted molar refractivity (Wildman–Crippen MR) is 93.1 cm³/mol. The Balaban J connectivity index is 1.93. The maximum absolute atomic E-state index is 12.0. The number of aromatic nitrogens is 1. The lowest BCUT2D eigenvalue weighted by Crippen LogP contribution is -2.15. The van der Waals surface area contributed by atoms with Crippen molar-refractivity contribution in [3.63, 3.8) is 0 Å². The lowest BCUT2D eigenvalue weighted by Gasteiger charge is -2.07. The van der Waals surface area contributed by atoms with E-state index in [4.69, 9.17) is 10.5 Å². The van der Waals surface area contributed by atoms with E-state index in [0.717, 1.165) is 11.1 Å². The number of pyridine rings is 1. The number of nitrogens with zero attached hydrogens (tertiary/aromatic N) is 1. The molecule has 0 aliphatic carbocycles. The van der Waals surface area contributed by atoms with Crippen LogP contribution < -0.4 is 11.1 Å². The third-order valence-corrected chi connectivity index (χ3v) is 3.17. The SMILES string of the molecule is CCOC(=O)/C=C/c1ccc(CC(=O)Nc2ccncc2N)cc1. The summed E-state index contributed by atoms with van der Waals surface area (Å²) in [5.74, 6) is -0.543. The molecule has 0 bridgehead atoms. The summed E-state index contributed by atoms with van der Waals surface area (Å²) >= 11 is 0. The van der Waals surface area contributed by atoms with Gasteiger partial charge in [-0.15, -0.1) is 0 Å². The van der Waals surface area contributed by atoms with Crippen LogP contribution >= 0.6 is 0 Å². The number of amides is 1. The number of nitrogen functional groups attached to an aromatic ring is 1. The van der Waals surface area contributed by atoms with E-state index in [9.17, 15) is 9.59 Å². The summed E-state index contributed by atoms with van der Waals surface area (Å²) in [7, 11) is 0. The van der Waals surface area contributed by atoms with E-state index >= 15 is 0 Å². The van der Waals surface area contributed by atoms with Gasteiger partial charge in [-0.25, -0.2) is 4.79 Å². The lowest BCUT2D eigenvalue weighted by molar-refractivity contribution is -0.137. The Hall–Kier alpha value is -3.15. The zero-order chi connectivity index (χ0) is 17.4. The Morgan fingerprint density at radius 2 is 2.00 bits per heavy atom. The van der Waals surface area contributed by atoms with Crippen LogP contribution in [0.25, 0.3) is 6.08 Å². The van der Waals surface area contributed by atoms with E-state index in [1.807, 2.05) is 24.3 Å². The molecule has 0 atom stereocenters. The molecule has 0 aliphatic heterocycles. The van der Waals surface area contributed by atoms with Crippen LogP contribution in [0.1, 0.15) is 18.1 Å². The van der Waals surface area contributed by atoms with Gasteiger partial charge in [0, 0.05) is 12.3 Å². The van der Waals surface area contributed by atoms with Gasteiger partial charge in [0.1, 0.15) is 0 Å². The summed E-state index contributed by atoms with van der Waals surface area (Å²) in [6.45, 7) is 2.10. The van der Waals surface area contributed by atoms with Gasteiger partial charge in [0.15, 0.2) is 0 Å². The van der Waals surface area contributed by atoms with Crippen LogP contribution in [0.4, 0.5) is 11.4 Å². The summed E-state index contributed by atoms with van der Waals surface area (Å²) in [6, 6.07) is 8.98. The van der Waals surface area contributed by atoms with E-state index in [-0.39, 0.29) is 18.3 Å². The first-order valence-electron chi connectivity index (χ1n) is 7.51. The highest BCUT2D eigenvalue weighted by atomic mass is 16.5. The maximum atomic E-state index is 12.0. The minimum Gasteiger partial charge on any atom is -0.463 e. The molecule has 0 spiro atoms. The Morgan fingerprint density at radius 3 is 2.67 bits per heavy atom. The van der Waals surface area contributed by atoms with Gasteiger partial charge < -0.3 is 15.8 Å². The van der Waals surface area contributed by atoms with E-state index in [2.05, 4.69) is 10.3 Å². The number of benzene rings is 1. The highest BCUT2D eigenvalue weighted by molar-refractivity contribution is 5.94. The highest BCUT2D eigenvalue weighted by Gasteiger charge is 2.06. The number of esters is 1. The minimum absolute atomic E-state index is 0.164. The number of hydrogen-bond donors (Lipinski definition) is 2. The Kier molecular flexibility index (Phi) is 6.08. The van der Waals surface area contributed by atoms with Crippen LogP contribution in [0, 0.1) is 0 Å². The molecule has 1 aromatic carbocycles. The monoisotopic (exact) mass is 325 g/mol. The summed E-state index contributed by atoms with van der Waals surface area (Å²) in [6.07, 6.45) is 6.32. The average molecular weight is 325 g/mol. The number of anilines is 2. The number of rotatable bonds is 6. The average Bonchev–Trinajstić information content (AvgIpc) is 2.57. The van der Waals surface area contributed by atoms with Crippen molar-refractivity contribution >= 4 is 29.3 Å². The van der Waals surface area contributed by atoms with Gasteiger partial charge in [-0.05, 0) is 30.2 Å². The Bertz CT molecular complexity index is 739. The van der Waals surface area contributed by atoms with Crippen molar-refractivity contribution < 1.29 is 14.3 Å². The molecule has 1 heterocycles. The lowest BCUT2D eigenvalue weighted by atomic mass is 10.1. The number of ether oxygens (including phenoxy) is 1. The minimum atomic E-state index is -0.379. The molecule has 24 heavy (non-hydrogen) atoms. The van der Waals surface area contributed by atoms with E-state index in [0.29, 0.717) is 18.0 Å². The summed E-state index contributed by atoms with van der Waals surface area (Å²) < 4.78 is 4.81. The molecule has 0 aliphatic rings. The molecule has 0 radical (unpaired) electrons. The van der Waals surface area contributed by atoms with E-state index < -0.39 is 0 Å². The molecule has 2 aromatic rings. The number of carbonyl (C=O) groups is 2. The van der Waals surface area contributed by atoms with Crippen LogP contribution in [0.3, 0.4) is 0 Å². The van der Waals surface area contributed by atoms with Gasteiger partial charge in [0.25, 0.3) is 0 Å². The predicted octanol–water partition coefficient (Wildman–Crippen LogP) is 2.42. The van der Waals surface area contributed by atoms with Gasteiger partial charge in [-0.1, -0.05) is 24.3 Å². The summed E-state index contributed by atoms with van der Waals surface area (Å²) in [5, 5.41) is 2.75. The molecule has 124 valence electrons. The van der Waals surface area contributed by atoms with Crippen LogP contribution in [0.2, 0.25) is 0 Å². The fourth-order valence-corrected chi connectivity index (χ4v) is 2.00. The topological polar surface area (TPSA) is 94.3 Å². The second-order valence-corrected chi connectivity index (χ2v) is 5.01. The van der Waals surface area contributed by atoms with Crippen LogP contribution in [-0.2, 0) is 20.7 Å². The van der Waals surface area contributed by atoms with Crippen LogP contribution in [0.15, 0.2) is 48.8 Å². The number of nitrogens with one attached hydrogen (secondary N) is 1. The van der Waals surface area contributed by atoms with Crippen LogP contribution in [-0.4, -0.2) is 23.5 Å². The molecule has 0 saturated heterocycles. The Labute approximate surface area is 140 Å². The number of hydrogen-bond acceptors (Lipinski definition) is 5. The van der Waals surface area contributed by atoms with Crippen molar-refractivity contribution in [2.75, 3.05) is 17.7 Å². The Morgan fingerprint density at radius 1 is 1.25 bits per heavy atom. The largest absolute Gasteiger partial charge is 0.463 e. The third kappa shape index (κ3) is 5.24. The van der Waals surface area contributed by atoms with Crippen molar-refractivity contribution in [1.29, 1.82) is 0 Å². The van der Waals surface area contributed by atoms with Crippen molar-refractivity contribution in [3.8, 4) is 0 Å². The molecule has 6 heteroatoms. The fourth-order valence-electron chi connectivity index (χ4n) is 2.00. The van der Waals surface area contributed by atoms with Gasteiger partial charge >= 0.3 is 5.97 Å². The molecule has 0 fully saturated rings. The first-order chi connectivity index (χ1) is 11.6. The molecule has 1 amide bonds. The molecule has 0 saturated carbocycles. The summed E-state index contributed by atoms with van der Waals surface area (Å²) in [4.78, 5) is 27.2. The normalized spacial score (nSPS) is 10.5. The van der Waals surface area contributed by atoms with Crippen LogP contribution in [0.5, 0.6) is 0 Å². The second-order valence-electron chi connectivity index (χ2n) is 5.01. The quantitative estimate of drug-likeness (QED) is 0.628. The smallest absolute Gasteiger partial charge is 0.330 e. The first kappa shape index (κ1) is 17.2. The molecule has 1 aromatic heterocycles. The van der Waals surface area contributed by atoms with Gasteiger partial charge in [-0.2, -0.15) is 0 Å². The van der Waals surface area contributed by atoms with Gasteiger partial charge in [0.05, 0.1) is 30.6 Å². The van der Waals surface area contributed by atoms with Crippen molar-refractivity contribution in [2.24, 2.45) is 0 Å².